The van der Waals surface area contributed by atoms with Gasteiger partial charge in [0, 0.05) is 12.1 Å². The van der Waals surface area contributed by atoms with Crippen LogP contribution in [0.4, 0.5) is 4.79 Å². The van der Waals surface area contributed by atoms with E-state index in [9.17, 15) is 4.79 Å². The van der Waals surface area contributed by atoms with E-state index >= 15 is 0 Å². The molecule has 2 saturated carbocycles. The normalized spacial score (nSPS) is 28.9. The highest BCUT2D eigenvalue weighted by Crippen LogP contribution is 2.36. The first kappa shape index (κ1) is 12.7. The van der Waals surface area contributed by atoms with Gasteiger partial charge in [-0.25, -0.2) is 4.79 Å². The minimum Gasteiger partial charge on any atom is -0.335 e. The number of hydrogen-bond acceptors (Lipinski definition) is 1. The third kappa shape index (κ3) is 3.90. The van der Waals surface area contributed by atoms with Gasteiger partial charge in [0.1, 0.15) is 0 Å². The lowest BCUT2D eigenvalue weighted by Crippen LogP contribution is -2.46. The predicted molar refractivity (Wildman–Crippen MR) is 70.0 cm³/mol. The number of rotatable bonds is 2. The van der Waals surface area contributed by atoms with Crippen LogP contribution in [0.3, 0.4) is 0 Å². The Morgan fingerprint density at radius 2 is 1.65 bits per heavy atom. The lowest BCUT2D eigenvalue weighted by molar-refractivity contribution is 0.228. The fourth-order valence-electron chi connectivity index (χ4n) is 3.22. The van der Waals surface area contributed by atoms with Gasteiger partial charge in [-0.1, -0.05) is 33.1 Å². The Balaban J connectivity index is 1.70. The molecule has 0 radical (unpaired) electrons. The molecule has 0 aromatic rings. The molecule has 0 bridgehead atoms. The fourth-order valence-corrected chi connectivity index (χ4v) is 3.22. The van der Waals surface area contributed by atoms with Gasteiger partial charge in [-0.2, -0.15) is 0 Å². The van der Waals surface area contributed by atoms with E-state index in [0.29, 0.717) is 17.5 Å². The number of carbonyl (C=O) groups is 1. The van der Waals surface area contributed by atoms with Crippen LogP contribution in [0.15, 0.2) is 0 Å². The largest absolute Gasteiger partial charge is 0.335 e. The summed E-state index contributed by atoms with van der Waals surface area (Å²) in [4.78, 5) is 11.9. The zero-order chi connectivity index (χ0) is 12.3. The highest BCUT2D eigenvalue weighted by atomic mass is 16.2. The van der Waals surface area contributed by atoms with Crippen LogP contribution in [0.5, 0.6) is 0 Å². The summed E-state index contributed by atoms with van der Waals surface area (Å²) < 4.78 is 0. The maximum Gasteiger partial charge on any atom is 0.315 e. The maximum absolute atomic E-state index is 11.9. The van der Waals surface area contributed by atoms with Gasteiger partial charge in [-0.15, -0.1) is 0 Å². The first-order valence-corrected chi connectivity index (χ1v) is 7.12. The van der Waals surface area contributed by atoms with Gasteiger partial charge < -0.3 is 10.6 Å². The maximum atomic E-state index is 11.9. The molecule has 2 N–H and O–H groups in total. The molecule has 2 fully saturated rings. The molecule has 0 aliphatic heterocycles. The Bertz CT molecular complexity index is 269. The lowest BCUT2D eigenvalue weighted by atomic mass is 9.92. The molecule has 1 unspecified atom stereocenters. The van der Waals surface area contributed by atoms with Crippen molar-refractivity contribution in [2.24, 2.45) is 5.41 Å². The van der Waals surface area contributed by atoms with E-state index in [4.69, 9.17) is 0 Å². The molecular weight excluding hydrogens is 212 g/mol. The van der Waals surface area contributed by atoms with E-state index in [1.54, 1.807) is 0 Å². The summed E-state index contributed by atoms with van der Waals surface area (Å²) >= 11 is 0. The van der Waals surface area contributed by atoms with Crippen LogP contribution in [0, 0.1) is 5.41 Å². The second kappa shape index (κ2) is 5.28. The Morgan fingerprint density at radius 1 is 1.00 bits per heavy atom. The quantitative estimate of drug-likeness (QED) is 0.762. The summed E-state index contributed by atoms with van der Waals surface area (Å²) in [5, 5.41) is 6.25. The second-order valence-electron chi connectivity index (χ2n) is 6.56. The molecule has 0 aromatic heterocycles. The van der Waals surface area contributed by atoms with Crippen LogP contribution in [-0.4, -0.2) is 18.1 Å². The van der Waals surface area contributed by atoms with Crippen molar-refractivity contribution in [3.63, 3.8) is 0 Å². The van der Waals surface area contributed by atoms with Crippen LogP contribution in [-0.2, 0) is 0 Å². The zero-order valence-electron chi connectivity index (χ0n) is 11.2. The van der Waals surface area contributed by atoms with Crippen molar-refractivity contribution < 1.29 is 4.79 Å². The van der Waals surface area contributed by atoms with Gasteiger partial charge in [0.25, 0.3) is 0 Å². The second-order valence-corrected chi connectivity index (χ2v) is 6.56. The van der Waals surface area contributed by atoms with Crippen molar-refractivity contribution >= 4 is 6.03 Å². The summed E-state index contributed by atoms with van der Waals surface area (Å²) in [7, 11) is 0. The van der Waals surface area contributed by atoms with E-state index in [0.717, 1.165) is 25.7 Å². The van der Waals surface area contributed by atoms with Crippen LogP contribution in [0.2, 0.25) is 0 Å². The first-order valence-electron chi connectivity index (χ1n) is 7.12. The van der Waals surface area contributed by atoms with Gasteiger partial charge in [-0.05, 0) is 37.5 Å². The summed E-state index contributed by atoms with van der Waals surface area (Å²) in [6.45, 7) is 4.57. The van der Waals surface area contributed by atoms with Gasteiger partial charge >= 0.3 is 6.03 Å². The summed E-state index contributed by atoms with van der Waals surface area (Å²) in [6.07, 6.45) is 9.64. The molecule has 0 saturated heterocycles. The Labute approximate surface area is 105 Å². The topological polar surface area (TPSA) is 41.1 Å². The average Bonchev–Trinajstić information content (AvgIpc) is 2.59. The average molecular weight is 238 g/mol. The number of urea groups is 1. The van der Waals surface area contributed by atoms with Gasteiger partial charge in [0.05, 0.1) is 0 Å². The lowest BCUT2D eigenvalue weighted by Gasteiger charge is -2.24. The van der Waals surface area contributed by atoms with E-state index in [1.165, 1.54) is 25.7 Å². The molecule has 3 nitrogen and oxygen atoms in total. The number of amides is 2. The third-order valence-corrected chi connectivity index (χ3v) is 4.24. The number of carbonyl (C=O) groups excluding carboxylic acids is 1. The molecule has 2 amide bonds. The SMILES string of the molecule is CC1(C)CCC(NC(=O)NC2CCCCC2)C1. The van der Waals surface area contributed by atoms with E-state index in [-0.39, 0.29) is 6.03 Å². The summed E-state index contributed by atoms with van der Waals surface area (Å²) in [5.41, 5.74) is 0.406. The van der Waals surface area contributed by atoms with Crippen molar-refractivity contribution in [1.29, 1.82) is 0 Å². The monoisotopic (exact) mass is 238 g/mol. The van der Waals surface area contributed by atoms with E-state index < -0.39 is 0 Å². The highest BCUT2D eigenvalue weighted by molar-refractivity contribution is 5.74. The summed E-state index contributed by atoms with van der Waals surface area (Å²) in [6, 6.07) is 0.853. The third-order valence-electron chi connectivity index (χ3n) is 4.24. The Hall–Kier alpha value is -0.730. The Kier molecular flexibility index (Phi) is 3.95. The molecule has 1 atom stereocenters. The minimum atomic E-state index is 0.0552. The molecule has 3 heteroatoms. The van der Waals surface area contributed by atoms with Crippen molar-refractivity contribution in [2.75, 3.05) is 0 Å². The zero-order valence-corrected chi connectivity index (χ0v) is 11.2. The van der Waals surface area contributed by atoms with Crippen molar-refractivity contribution in [3.8, 4) is 0 Å². The highest BCUT2D eigenvalue weighted by Gasteiger charge is 2.31. The van der Waals surface area contributed by atoms with Crippen molar-refractivity contribution in [2.45, 2.75) is 77.3 Å². The van der Waals surface area contributed by atoms with Crippen molar-refractivity contribution in [1.82, 2.24) is 10.6 Å². The fraction of sp³-hybridized carbons (Fsp3) is 0.929. The van der Waals surface area contributed by atoms with Gasteiger partial charge in [0.2, 0.25) is 0 Å². The number of hydrogen-bond donors (Lipinski definition) is 2. The van der Waals surface area contributed by atoms with Crippen LogP contribution in [0.1, 0.15) is 65.2 Å². The standard InChI is InChI=1S/C14H26N2O/c1-14(2)9-8-12(10-14)16-13(17)15-11-6-4-3-5-7-11/h11-12H,3-10H2,1-2H3,(H2,15,16,17). The number of nitrogens with one attached hydrogen (secondary N) is 2. The smallest absolute Gasteiger partial charge is 0.315 e. The minimum absolute atomic E-state index is 0.0552. The van der Waals surface area contributed by atoms with Crippen LogP contribution in [0.25, 0.3) is 0 Å². The first-order chi connectivity index (χ1) is 8.05. The molecule has 2 aliphatic carbocycles. The van der Waals surface area contributed by atoms with Crippen molar-refractivity contribution in [3.05, 3.63) is 0 Å². The molecule has 98 valence electrons. The van der Waals surface area contributed by atoms with Gasteiger partial charge in [0.15, 0.2) is 0 Å². The molecule has 2 aliphatic rings. The molecule has 0 aromatic carbocycles. The van der Waals surface area contributed by atoms with E-state index in [2.05, 4.69) is 24.5 Å². The predicted octanol–water partition coefficient (Wildman–Crippen LogP) is 3.20. The molecule has 2 rings (SSSR count). The van der Waals surface area contributed by atoms with Crippen LogP contribution < -0.4 is 10.6 Å². The molecular formula is C14H26N2O. The van der Waals surface area contributed by atoms with Gasteiger partial charge in [-0.3, -0.25) is 0 Å². The van der Waals surface area contributed by atoms with E-state index in [1.807, 2.05) is 0 Å². The molecule has 0 heterocycles. The molecule has 0 spiro atoms. The van der Waals surface area contributed by atoms with Crippen LogP contribution >= 0.6 is 0 Å². The summed E-state index contributed by atoms with van der Waals surface area (Å²) in [5.74, 6) is 0. The molecule has 17 heavy (non-hydrogen) atoms. The Morgan fingerprint density at radius 3 is 2.24 bits per heavy atom.